The Morgan fingerprint density at radius 3 is 2.89 bits per heavy atom. The molecule has 0 spiro atoms. The van der Waals surface area contributed by atoms with Gasteiger partial charge in [-0.2, -0.15) is 0 Å². The summed E-state index contributed by atoms with van der Waals surface area (Å²) in [7, 11) is 2.04. The summed E-state index contributed by atoms with van der Waals surface area (Å²) in [6, 6.07) is 1.19. The Kier molecular flexibility index (Phi) is 4.53. The SMILES string of the molecule is CNC1CCCN(Cc2nnnn2C2CC2)C1.Cl. The standard InChI is InChI=1S/C11H20N6.ClH/c1-12-9-3-2-6-16(7-9)8-11-13-14-15-17(11)10-4-5-10;/h9-10,12H,2-8H2,1H3;1H. The van der Waals surface area contributed by atoms with Gasteiger partial charge in [-0.3, -0.25) is 4.90 Å². The molecule has 1 atom stereocenters. The van der Waals surface area contributed by atoms with Crippen molar-refractivity contribution in [1.82, 2.24) is 30.4 Å². The van der Waals surface area contributed by atoms with Gasteiger partial charge in [0.1, 0.15) is 0 Å². The molecule has 6 nitrogen and oxygen atoms in total. The number of rotatable bonds is 4. The van der Waals surface area contributed by atoms with Crippen molar-refractivity contribution in [1.29, 1.82) is 0 Å². The molecule has 1 aliphatic carbocycles. The molecule has 1 aliphatic heterocycles. The van der Waals surface area contributed by atoms with Crippen molar-refractivity contribution >= 4 is 12.4 Å². The van der Waals surface area contributed by atoms with Crippen molar-refractivity contribution in [2.45, 2.75) is 44.3 Å². The normalized spacial score (nSPS) is 24.8. The number of halogens is 1. The number of aromatic nitrogens is 4. The summed E-state index contributed by atoms with van der Waals surface area (Å²) in [6.07, 6.45) is 5.01. The Morgan fingerprint density at radius 1 is 1.33 bits per heavy atom. The molecule has 0 bridgehead atoms. The summed E-state index contributed by atoms with van der Waals surface area (Å²) in [6.45, 7) is 3.16. The number of tetrazole rings is 1. The van der Waals surface area contributed by atoms with E-state index in [-0.39, 0.29) is 12.4 Å². The molecule has 18 heavy (non-hydrogen) atoms. The molecule has 2 heterocycles. The third-order valence-corrected chi connectivity index (χ3v) is 3.73. The lowest BCUT2D eigenvalue weighted by atomic mass is 10.1. The van der Waals surface area contributed by atoms with E-state index in [2.05, 4.69) is 25.7 Å². The fourth-order valence-electron chi connectivity index (χ4n) is 2.55. The molecule has 1 N–H and O–H groups in total. The topological polar surface area (TPSA) is 58.9 Å². The van der Waals surface area contributed by atoms with E-state index in [0.29, 0.717) is 12.1 Å². The zero-order valence-electron chi connectivity index (χ0n) is 10.7. The number of likely N-dealkylation sites (tertiary alicyclic amines) is 1. The minimum absolute atomic E-state index is 0. The second-order valence-electron chi connectivity index (χ2n) is 5.13. The van der Waals surface area contributed by atoms with Gasteiger partial charge in [-0.25, -0.2) is 4.68 Å². The first-order valence-electron chi connectivity index (χ1n) is 6.53. The van der Waals surface area contributed by atoms with Crippen LogP contribution in [0.25, 0.3) is 0 Å². The van der Waals surface area contributed by atoms with E-state index >= 15 is 0 Å². The molecule has 1 saturated heterocycles. The van der Waals surface area contributed by atoms with Crippen LogP contribution in [0.2, 0.25) is 0 Å². The van der Waals surface area contributed by atoms with Crippen LogP contribution in [0.3, 0.4) is 0 Å². The summed E-state index contributed by atoms with van der Waals surface area (Å²) in [5, 5.41) is 15.4. The van der Waals surface area contributed by atoms with Crippen LogP contribution < -0.4 is 5.32 Å². The average Bonchev–Trinajstić information content (AvgIpc) is 3.11. The van der Waals surface area contributed by atoms with Crippen LogP contribution in [0, 0.1) is 0 Å². The number of hydrogen-bond acceptors (Lipinski definition) is 5. The van der Waals surface area contributed by atoms with Crippen LogP contribution in [-0.4, -0.2) is 51.3 Å². The quantitative estimate of drug-likeness (QED) is 0.871. The van der Waals surface area contributed by atoms with Gasteiger partial charge in [-0.1, -0.05) is 0 Å². The number of likely N-dealkylation sites (N-methyl/N-ethyl adjacent to an activating group) is 1. The van der Waals surface area contributed by atoms with E-state index < -0.39 is 0 Å². The molecule has 1 aromatic heterocycles. The molecular formula is C11H21ClN6. The predicted octanol–water partition coefficient (Wildman–Crippen LogP) is 0.614. The highest BCUT2D eigenvalue weighted by molar-refractivity contribution is 5.85. The van der Waals surface area contributed by atoms with Crippen LogP contribution >= 0.6 is 12.4 Å². The minimum atomic E-state index is 0. The van der Waals surface area contributed by atoms with Gasteiger partial charge in [-0.05, 0) is 49.7 Å². The maximum Gasteiger partial charge on any atom is 0.165 e. The molecule has 0 radical (unpaired) electrons. The summed E-state index contributed by atoms with van der Waals surface area (Å²) < 4.78 is 2.02. The molecule has 0 amide bonds. The highest BCUT2D eigenvalue weighted by Gasteiger charge is 2.29. The van der Waals surface area contributed by atoms with Gasteiger partial charge in [0.25, 0.3) is 0 Å². The number of hydrogen-bond donors (Lipinski definition) is 1. The Balaban J connectivity index is 0.00000120. The largest absolute Gasteiger partial charge is 0.316 e. The highest BCUT2D eigenvalue weighted by atomic mass is 35.5. The van der Waals surface area contributed by atoms with Crippen LogP contribution in [-0.2, 0) is 6.54 Å². The second kappa shape index (κ2) is 5.95. The Hall–Kier alpha value is -0.720. The summed E-state index contributed by atoms with van der Waals surface area (Å²) >= 11 is 0. The number of piperidine rings is 1. The molecule has 3 rings (SSSR count). The third-order valence-electron chi connectivity index (χ3n) is 3.73. The van der Waals surface area contributed by atoms with Gasteiger partial charge in [-0.15, -0.1) is 17.5 Å². The average molecular weight is 273 g/mol. The Bertz CT molecular complexity index is 377. The van der Waals surface area contributed by atoms with E-state index in [0.717, 1.165) is 25.5 Å². The zero-order chi connectivity index (χ0) is 11.7. The van der Waals surface area contributed by atoms with Crippen LogP contribution in [0.4, 0.5) is 0 Å². The van der Waals surface area contributed by atoms with E-state index in [1.54, 1.807) is 0 Å². The lowest BCUT2D eigenvalue weighted by molar-refractivity contribution is 0.181. The Morgan fingerprint density at radius 2 is 2.17 bits per heavy atom. The van der Waals surface area contributed by atoms with Crippen molar-refractivity contribution in [3.63, 3.8) is 0 Å². The van der Waals surface area contributed by atoms with Crippen LogP contribution in [0.5, 0.6) is 0 Å². The van der Waals surface area contributed by atoms with E-state index in [1.165, 1.54) is 25.7 Å². The highest BCUT2D eigenvalue weighted by Crippen LogP contribution is 2.34. The van der Waals surface area contributed by atoms with Crippen molar-refractivity contribution < 1.29 is 0 Å². The lowest BCUT2D eigenvalue weighted by Gasteiger charge is -2.31. The van der Waals surface area contributed by atoms with E-state index in [9.17, 15) is 0 Å². The van der Waals surface area contributed by atoms with Gasteiger partial charge in [0, 0.05) is 12.6 Å². The van der Waals surface area contributed by atoms with Gasteiger partial charge >= 0.3 is 0 Å². The second-order valence-corrected chi connectivity index (χ2v) is 5.13. The monoisotopic (exact) mass is 272 g/mol. The van der Waals surface area contributed by atoms with Crippen LogP contribution in [0.15, 0.2) is 0 Å². The maximum atomic E-state index is 4.16. The van der Waals surface area contributed by atoms with Crippen LogP contribution in [0.1, 0.15) is 37.5 Å². The molecular weight excluding hydrogens is 252 g/mol. The van der Waals surface area contributed by atoms with Crippen molar-refractivity contribution in [3.8, 4) is 0 Å². The van der Waals surface area contributed by atoms with Gasteiger partial charge in [0.2, 0.25) is 0 Å². The van der Waals surface area contributed by atoms with Crippen molar-refractivity contribution in [3.05, 3.63) is 5.82 Å². The molecule has 2 aliphatic rings. The molecule has 2 fully saturated rings. The van der Waals surface area contributed by atoms with Gasteiger partial charge < -0.3 is 5.32 Å². The molecule has 102 valence electrons. The first kappa shape index (κ1) is 13.7. The minimum Gasteiger partial charge on any atom is -0.316 e. The van der Waals surface area contributed by atoms with Crippen molar-refractivity contribution in [2.75, 3.05) is 20.1 Å². The molecule has 1 unspecified atom stereocenters. The predicted molar refractivity (Wildman–Crippen MR) is 70.7 cm³/mol. The summed E-state index contributed by atoms with van der Waals surface area (Å²) in [4.78, 5) is 2.45. The molecule has 1 saturated carbocycles. The van der Waals surface area contributed by atoms with E-state index in [1.807, 2.05) is 11.7 Å². The zero-order valence-corrected chi connectivity index (χ0v) is 11.6. The Labute approximate surface area is 114 Å². The smallest absolute Gasteiger partial charge is 0.165 e. The fraction of sp³-hybridized carbons (Fsp3) is 0.909. The summed E-state index contributed by atoms with van der Waals surface area (Å²) in [5.74, 6) is 1.03. The van der Waals surface area contributed by atoms with E-state index in [4.69, 9.17) is 0 Å². The molecule has 7 heteroatoms. The first-order chi connectivity index (χ1) is 8.36. The van der Waals surface area contributed by atoms with Gasteiger partial charge in [0.15, 0.2) is 5.82 Å². The fourth-order valence-corrected chi connectivity index (χ4v) is 2.55. The van der Waals surface area contributed by atoms with Gasteiger partial charge in [0.05, 0.1) is 12.6 Å². The lowest BCUT2D eigenvalue weighted by Crippen LogP contribution is -2.44. The summed E-state index contributed by atoms with van der Waals surface area (Å²) in [5.41, 5.74) is 0. The molecule has 0 aromatic carbocycles. The number of nitrogens with zero attached hydrogens (tertiary/aromatic N) is 5. The third kappa shape index (κ3) is 2.99. The van der Waals surface area contributed by atoms with Crippen molar-refractivity contribution in [2.24, 2.45) is 0 Å². The first-order valence-corrected chi connectivity index (χ1v) is 6.53. The molecule has 1 aromatic rings. The maximum absolute atomic E-state index is 4.16. The number of nitrogens with one attached hydrogen (secondary N) is 1.